The molecular formula is C11H12FNO2S. The van der Waals surface area contributed by atoms with Crippen LogP contribution in [0.2, 0.25) is 0 Å². The third-order valence-electron chi connectivity index (χ3n) is 2.55. The van der Waals surface area contributed by atoms with Gasteiger partial charge in [0.25, 0.3) is 0 Å². The molecule has 0 spiro atoms. The minimum Gasteiger partial charge on any atom is -0.480 e. The first-order valence-corrected chi connectivity index (χ1v) is 5.98. The number of halogens is 1. The van der Waals surface area contributed by atoms with Crippen LogP contribution in [-0.2, 0) is 4.79 Å². The third kappa shape index (κ3) is 2.00. The van der Waals surface area contributed by atoms with Crippen LogP contribution in [0.5, 0.6) is 0 Å². The Bertz CT molecular complexity index is 424. The monoisotopic (exact) mass is 241 g/mol. The van der Waals surface area contributed by atoms with Crippen molar-refractivity contribution in [1.29, 1.82) is 0 Å². The molecule has 0 aromatic heterocycles. The van der Waals surface area contributed by atoms with E-state index in [1.54, 1.807) is 22.7 Å². The first-order valence-electron chi connectivity index (χ1n) is 4.99. The number of hydrogen-bond acceptors (Lipinski definition) is 3. The number of carboxylic acid groups (broad SMARTS) is 1. The largest absolute Gasteiger partial charge is 0.480 e. The molecule has 1 aromatic carbocycles. The van der Waals surface area contributed by atoms with E-state index in [4.69, 9.17) is 5.11 Å². The van der Waals surface area contributed by atoms with Crippen molar-refractivity contribution in [1.82, 2.24) is 0 Å². The second-order valence-corrected chi connectivity index (χ2v) is 4.83. The Morgan fingerprint density at radius 2 is 2.44 bits per heavy atom. The molecule has 0 aliphatic carbocycles. The number of aliphatic carboxylic acids is 1. The normalized spacial score (nSPS) is 19.4. The van der Waals surface area contributed by atoms with Crippen molar-refractivity contribution in [3.8, 4) is 0 Å². The number of rotatable bonds is 2. The molecule has 1 atom stereocenters. The number of nitrogens with zero attached hydrogens (tertiary/aromatic N) is 1. The molecule has 0 amide bonds. The number of benzene rings is 1. The lowest BCUT2D eigenvalue weighted by Crippen LogP contribution is -2.41. The van der Waals surface area contributed by atoms with E-state index in [0.717, 1.165) is 10.6 Å². The highest BCUT2D eigenvalue weighted by molar-refractivity contribution is 7.99. The van der Waals surface area contributed by atoms with Gasteiger partial charge in [0.05, 0.1) is 5.69 Å². The van der Waals surface area contributed by atoms with Gasteiger partial charge in [-0.2, -0.15) is 0 Å². The van der Waals surface area contributed by atoms with Crippen LogP contribution in [0.15, 0.2) is 23.1 Å². The maximum Gasteiger partial charge on any atom is 0.323 e. The van der Waals surface area contributed by atoms with Crippen LogP contribution in [-0.4, -0.2) is 29.4 Å². The minimum absolute atomic E-state index is 0.0329. The second-order valence-electron chi connectivity index (χ2n) is 3.77. The molecule has 1 heterocycles. The number of para-hydroxylation sites is 1. The van der Waals surface area contributed by atoms with E-state index >= 15 is 0 Å². The highest BCUT2D eigenvalue weighted by Gasteiger charge is 2.27. The topological polar surface area (TPSA) is 40.5 Å². The van der Waals surface area contributed by atoms with Crippen LogP contribution in [0.4, 0.5) is 10.1 Å². The van der Waals surface area contributed by atoms with Gasteiger partial charge in [-0.15, -0.1) is 11.8 Å². The zero-order chi connectivity index (χ0) is 11.7. The molecule has 1 unspecified atom stereocenters. The van der Waals surface area contributed by atoms with Crippen LogP contribution in [0.1, 0.15) is 6.92 Å². The van der Waals surface area contributed by atoms with Gasteiger partial charge in [0.2, 0.25) is 0 Å². The summed E-state index contributed by atoms with van der Waals surface area (Å²) in [6.45, 7) is 1.75. The van der Waals surface area contributed by atoms with E-state index < -0.39 is 5.97 Å². The van der Waals surface area contributed by atoms with Gasteiger partial charge in [0.1, 0.15) is 12.4 Å². The fraction of sp³-hybridized carbons (Fsp3) is 0.364. The van der Waals surface area contributed by atoms with E-state index in [-0.39, 0.29) is 18.4 Å². The van der Waals surface area contributed by atoms with Crippen LogP contribution < -0.4 is 4.90 Å². The first-order chi connectivity index (χ1) is 7.59. The highest BCUT2D eigenvalue weighted by atomic mass is 32.2. The summed E-state index contributed by atoms with van der Waals surface area (Å²) in [5.41, 5.74) is 0.425. The molecule has 1 aliphatic heterocycles. The Labute approximate surface area is 97.3 Å². The zero-order valence-corrected chi connectivity index (χ0v) is 9.63. The molecule has 16 heavy (non-hydrogen) atoms. The van der Waals surface area contributed by atoms with Gasteiger partial charge in [0.15, 0.2) is 0 Å². The van der Waals surface area contributed by atoms with Crippen molar-refractivity contribution in [2.45, 2.75) is 17.9 Å². The van der Waals surface area contributed by atoms with Gasteiger partial charge in [-0.1, -0.05) is 6.07 Å². The predicted octanol–water partition coefficient (Wildman–Crippen LogP) is 2.21. The van der Waals surface area contributed by atoms with E-state index in [1.165, 1.54) is 6.07 Å². The van der Waals surface area contributed by atoms with Crippen LogP contribution in [0.3, 0.4) is 0 Å². The molecule has 0 saturated carbocycles. The van der Waals surface area contributed by atoms with E-state index in [2.05, 4.69) is 0 Å². The number of thioether (sulfide) groups is 1. The summed E-state index contributed by atoms with van der Waals surface area (Å²) in [5.74, 6) is -0.505. The Morgan fingerprint density at radius 1 is 1.69 bits per heavy atom. The summed E-state index contributed by atoms with van der Waals surface area (Å²) in [4.78, 5) is 13.2. The van der Waals surface area contributed by atoms with Crippen molar-refractivity contribution in [3.63, 3.8) is 0 Å². The minimum atomic E-state index is -0.937. The smallest absolute Gasteiger partial charge is 0.323 e. The first kappa shape index (κ1) is 11.3. The quantitative estimate of drug-likeness (QED) is 0.861. The summed E-state index contributed by atoms with van der Waals surface area (Å²) < 4.78 is 13.7. The van der Waals surface area contributed by atoms with Crippen molar-refractivity contribution in [2.75, 3.05) is 17.2 Å². The Kier molecular flexibility index (Phi) is 3.05. The SMILES string of the molecule is CC1CSc2cccc(F)c2N1CC(=O)O. The van der Waals surface area contributed by atoms with E-state index in [9.17, 15) is 9.18 Å². The number of hydrogen-bond donors (Lipinski definition) is 1. The lowest BCUT2D eigenvalue weighted by atomic mass is 10.2. The van der Waals surface area contributed by atoms with E-state index in [0.29, 0.717) is 5.69 Å². The number of anilines is 1. The summed E-state index contributed by atoms with van der Waals surface area (Å²) in [6.07, 6.45) is 0. The van der Waals surface area contributed by atoms with Gasteiger partial charge in [0, 0.05) is 16.7 Å². The molecule has 1 N–H and O–H groups in total. The molecule has 3 nitrogen and oxygen atoms in total. The van der Waals surface area contributed by atoms with Crippen LogP contribution in [0.25, 0.3) is 0 Å². The average Bonchev–Trinajstić information content (AvgIpc) is 2.22. The summed E-state index contributed by atoms with van der Waals surface area (Å²) in [5, 5.41) is 8.83. The molecule has 0 fully saturated rings. The molecule has 1 aliphatic rings. The molecule has 5 heteroatoms. The third-order valence-corrected chi connectivity index (χ3v) is 3.84. The second kappa shape index (κ2) is 4.33. The van der Waals surface area contributed by atoms with Crippen molar-refractivity contribution < 1.29 is 14.3 Å². The fourth-order valence-corrected chi connectivity index (χ4v) is 2.92. The molecule has 1 aromatic rings. The standard InChI is InChI=1S/C11H12FNO2S/c1-7-6-16-9-4-2-3-8(12)11(9)13(7)5-10(14)15/h2-4,7H,5-6H2,1H3,(H,14,15). The molecule has 86 valence electrons. The Morgan fingerprint density at radius 3 is 3.12 bits per heavy atom. The lowest BCUT2D eigenvalue weighted by Gasteiger charge is -2.35. The molecule has 0 saturated heterocycles. The van der Waals surface area contributed by atoms with Gasteiger partial charge in [-0.25, -0.2) is 4.39 Å². The molecule has 0 bridgehead atoms. The zero-order valence-electron chi connectivity index (χ0n) is 8.81. The lowest BCUT2D eigenvalue weighted by molar-refractivity contribution is -0.135. The highest BCUT2D eigenvalue weighted by Crippen LogP contribution is 2.38. The van der Waals surface area contributed by atoms with Crippen LogP contribution >= 0.6 is 11.8 Å². The predicted molar refractivity (Wildman–Crippen MR) is 61.6 cm³/mol. The molecule has 2 rings (SSSR count). The van der Waals surface area contributed by atoms with E-state index in [1.807, 2.05) is 13.0 Å². The fourth-order valence-electron chi connectivity index (χ4n) is 1.79. The summed E-state index contributed by atoms with van der Waals surface area (Å²) in [7, 11) is 0. The summed E-state index contributed by atoms with van der Waals surface area (Å²) >= 11 is 1.57. The van der Waals surface area contributed by atoms with Crippen molar-refractivity contribution >= 4 is 23.4 Å². The molecule has 0 radical (unpaired) electrons. The van der Waals surface area contributed by atoms with Crippen molar-refractivity contribution in [3.05, 3.63) is 24.0 Å². The van der Waals surface area contributed by atoms with Gasteiger partial charge >= 0.3 is 5.97 Å². The number of carboxylic acids is 1. The van der Waals surface area contributed by atoms with Crippen molar-refractivity contribution in [2.24, 2.45) is 0 Å². The Balaban J connectivity index is 2.42. The van der Waals surface area contributed by atoms with Gasteiger partial charge in [-0.05, 0) is 19.1 Å². The number of carbonyl (C=O) groups is 1. The maximum atomic E-state index is 13.7. The number of fused-ring (bicyclic) bond motifs is 1. The van der Waals surface area contributed by atoms with Crippen LogP contribution in [0, 0.1) is 5.82 Å². The maximum absolute atomic E-state index is 13.7. The average molecular weight is 241 g/mol. The van der Waals surface area contributed by atoms with Gasteiger partial charge in [-0.3, -0.25) is 4.79 Å². The Hall–Kier alpha value is -1.23. The summed E-state index contributed by atoms with van der Waals surface area (Å²) in [6, 6.07) is 4.87. The molecular weight excluding hydrogens is 229 g/mol. The van der Waals surface area contributed by atoms with Gasteiger partial charge < -0.3 is 10.0 Å².